The van der Waals surface area contributed by atoms with Gasteiger partial charge in [-0.15, -0.1) is 0 Å². The molecule has 1 unspecified atom stereocenters. The smallest absolute Gasteiger partial charge is 0.382 e. The summed E-state index contributed by atoms with van der Waals surface area (Å²) in [6, 6.07) is 3.20. The molecule has 0 fully saturated rings. The second kappa shape index (κ2) is 4.45. The van der Waals surface area contributed by atoms with Gasteiger partial charge in [0.1, 0.15) is 5.82 Å². The number of nitrogens with zero attached hydrogens (tertiary/aromatic N) is 3. The SMILES string of the molecule is Cc1cc(NCC(O)C(F)(F)F)n2nccc2n1. The number of aliphatic hydroxyl groups excluding tert-OH is 1. The lowest BCUT2D eigenvalue weighted by Crippen LogP contribution is -2.35. The van der Waals surface area contributed by atoms with Crippen LogP contribution in [-0.4, -0.2) is 38.5 Å². The summed E-state index contributed by atoms with van der Waals surface area (Å²) in [5.74, 6) is 0.353. The summed E-state index contributed by atoms with van der Waals surface area (Å²) in [7, 11) is 0. The Morgan fingerprint density at radius 1 is 1.50 bits per heavy atom. The molecule has 0 aliphatic rings. The van der Waals surface area contributed by atoms with Gasteiger partial charge in [0.25, 0.3) is 0 Å². The van der Waals surface area contributed by atoms with Crippen LogP contribution >= 0.6 is 0 Å². The molecule has 18 heavy (non-hydrogen) atoms. The molecule has 0 radical (unpaired) electrons. The molecule has 0 aromatic carbocycles. The van der Waals surface area contributed by atoms with Crippen LogP contribution in [-0.2, 0) is 0 Å². The molecule has 2 heterocycles. The van der Waals surface area contributed by atoms with Crippen molar-refractivity contribution in [2.24, 2.45) is 0 Å². The Morgan fingerprint density at radius 3 is 2.89 bits per heavy atom. The van der Waals surface area contributed by atoms with Crippen LogP contribution in [0.2, 0.25) is 0 Å². The second-order valence-corrected chi connectivity index (χ2v) is 3.82. The number of aryl methyl sites for hydroxylation is 1. The predicted molar refractivity (Wildman–Crippen MR) is 58.3 cm³/mol. The number of hydrogen-bond acceptors (Lipinski definition) is 4. The molecule has 0 spiro atoms. The molecule has 5 nitrogen and oxygen atoms in total. The number of rotatable bonds is 3. The first-order valence-corrected chi connectivity index (χ1v) is 5.18. The lowest BCUT2D eigenvalue weighted by Gasteiger charge is -2.16. The molecule has 2 rings (SSSR count). The molecule has 0 saturated carbocycles. The highest BCUT2D eigenvalue weighted by molar-refractivity contribution is 5.48. The fraction of sp³-hybridized carbons (Fsp3) is 0.400. The third-order valence-electron chi connectivity index (χ3n) is 2.34. The molecular weight excluding hydrogens is 249 g/mol. The number of fused-ring (bicyclic) bond motifs is 1. The fourth-order valence-corrected chi connectivity index (χ4v) is 1.48. The highest BCUT2D eigenvalue weighted by Gasteiger charge is 2.37. The van der Waals surface area contributed by atoms with Crippen LogP contribution in [0.25, 0.3) is 5.65 Å². The summed E-state index contributed by atoms with van der Waals surface area (Å²) in [6.07, 6.45) is -5.57. The molecule has 0 saturated heterocycles. The van der Waals surface area contributed by atoms with Gasteiger partial charge in [-0.25, -0.2) is 4.98 Å². The standard InChI is InChI=1S/C10H11F3N4O/c1-6-4-9(14-5-7(18)10(11,12)13)17-8(16-6)2-3-15-17/h2-4,7,14,18H,5H2,1H3. The molecule has 2 aromatic heterocycles. The Bertz CT molecular complexity index is 552. The van der Waals surface area contributed by atoms with E-state index in [0.29, 0.717) is 17.2 Å². The van der Waals surface area contributed by atoms with E-state index in [4.69, 9.17) is 5.11 Å². The normalized spacial score (nSPS) is 13.8. The lowest BCUT2D eigenvalue weighted by molar-refractivity contribution is -0.198. The molecule has 0 aliphatic carbocycles. The fourth-order valence-electron chi connectivity index (χ4n) is 1.48. The number of halogens is 3. The van der Waals surface area contributed by atoms with E-state index in [1.165, 1.54) is 10.7 Å². The average molecular weight is 260 g/mol. The van der Waals surface area contributed by atoms with Crippen LogP contribution in [0, 0.1) is 6.92 Å². The summed E-state index contributed by atoms with van der Waals surface area (Å²) in [6.45, 7) is 1.08. The highest BCUT2D eigenvalue weighted by atomic mass is 19.4. The largest absolute Gasteiger partial charge is 0.416 e. The number of anilines is 1. The summed E-state index contributed by atoms with van der Waals surface area (Å²) < 4.78 is 37.9. The van der Waals surface area contributed by atoms with Crippen molar-refractivity contribution in [3.8, 4) is 0 Å². The lowest BCUT2D eigenvalue weighted by atomic mass is 10.3. The Labute approximate surface area is 100 Å². The minimum absolute atomic E-state index is 0.353. The second-order valence-electron chi connectivity index (χ2n) is 3.82. The van der Waals surface area contributed by atoms with E-state index in [2.05, 4.69) is 15.4 Å². The van der Waals surface area contributed by atoms with E-state index < -0.39 is 18.8 Å². The summed E-state index contributed by atoms with van der Waals surface area (Å²) >= 11 is 0. The van der Waals surface area contributed by atoms with Gasteiger partial charge in [-0.2, -0.15) is 22.8 Å². The van der Waals surface area contributed by atoms with Crippen molar-refractivity contribution >= 4 is 11.5 Å². The zero-order valence-electron chi connectivity index (χ0n) is 9.44. The Balaban J connectivity index is 2.19. The van der Waals surface area contributed by atoms with Crippen LogP contribution in [0.1, 0.15) is 5.69 Å². The number of aromatic nitrogens is 3. The molecular formula is C10H11F3N4O. The Hall–Kier alpha value is -1.83. The maximum absolute atomic E-state index is 12.2. The Morgan fingerprint density at radius 2 is 2.22 bits per heavy atom. The molecule has 2 aromatic rings. The van der Waals surface area contributed by atoms with E-state index in [-0.39, 0.29) is 0 Å². The van der Waals surface area contributed by atoms with Crippen molar-refractivity contribution in [1.29, 1.82) is 0 Å². The number of nitrogens with one attached hydrogen (secondary N) is 1. The Kier molecular flexibility index (Phi) is 3.12. The number of hydrogen-bond donors (Lipinski definition) is 2. The highest BCUT2D eigenvalue weighted by Crippen LogP contribution is 2.20. The van der Waals surface area contributed by atoms with E-state index in [1.807, 2.05) is 0 Å². The molecule has 8 heteroatoms. The van der Waals surface area contributed by atoms with Gasteiger partial charge < -0.3 is 10.4 Å². The van der Waals surface area contributed by atoms with Gasteiger partial charge in [-0.3, -0.25) is 0 Å². The topological polar surface area (TPSA) is 62.5 Å². The summed E-state index contributed by atoms with van der Waals surface area (Å²) in [5, 5.41) is 15.3. The van der Waals surface area contributed by atoms with Crippen LogP contribution in [0.4, 0.5) is 19.0 Å². The van der Waals surface area contributed by atoms with Crippen molar-refractivity contribution in [2.45, 2.75) is 19.2 Å². The van der Waals surface area contributed by atoms with Crippen molar-refractivity contribution in [3.63, 3.8) is 0 Å². The van der Waals surface area contributed by atoms with Crippen LogP contribution < -0.4 is 5.32 Å². The van der Waals surface area contributed by atoms with E-state index in [1.54, 1.807) is 19.1 Å². The third-order valence-corrected chi connectivity index (χ3v) is 2.34. The van der Waals surface area contributed by atoms with Crippen molar-refractivity contribution in [1.82, 2.24) is 14.6 Å². The zero-order chi connectivity index (χ0) is 13.3. The first kappa shape index (κ1) is 12.6. The number of alkyl halides is 3. The van der Waals surface area contributed by atoms with Crippen molar-refractivity contribution in [3.05, 3.63) is 24.0 Å². The van der Waals surface area contributed by atoms with E-state index in [0.717, 1.165) is 0 Å². The van der Waals surface area contributed by atoms with E-state index >= 15 is 0 Å². The molecule has 0 aliphatic heterocycles. The summed E-state index contributed by atoms with van der Waals surface area (Å²) in [5.41, 5.74) is 1.17. The number of aliphatic hydroxyl groups is 1. The monoisotopic (exact) mass is 260 g/mol. The van der Waals surface area contributed by atoms with Gasteiger partial charge in [0.2, 0.25) is 0 Å². The zero-order valence-corrected chi connectivity index (χ0v) is 9.44. The first-order valence-electron chi connectivity index (χ1n) is 5.18. The third kappa shape index (κ3) is 2.53. The molecule has 1 atom stereocenters. The average Bonchev–Trinajstić information content (AvgIpc) is 2.71. The minimum Gasteiger partial charge on any atom is -0.382 e. The van der Waals surface area contributed by atoms with Gasteiger partial charge in [-0.1, -0.05) is 0 Å². The van der Waals surface area contributed by atoms with E-state index in [9.17, 15) is 13.2 Å². The maximum atomic E-state index is 12.2. The van der Waals surface area contributed by atoms with Gasteiger partial charge in [0, 0.05) is 17.8 Å². The van der Waals surface area contributed by atoms with Gasteiger partial charge in [0.05, 0.1) is 12.7 Å². The van der Waals surface area contributed by atoms with Crippen LogP contribution in [0.15, 0.2) is 18.3 Å². The molecule has 0 amide bonds. The molecule has 2 N–H and O–H groups in total. The maximum Gasteiger partial charge on any atom is 0.416 e. The van der Waals surface area contributed by atoms with Crippen LogP contribution in [0.3, 0.4) is 0 Å². The summed E-state index contributed by atoms with van der Waals surface area (Å²) in [4.78, 5) is 4.15. The first-order chi connectivity index (χ1) is 8.38. The minimum atomic E-state index is -4.64. The van der Waals surface area contributed by atoms with Gasteiger partial charge >= 0.3 is 6.18 Å². The van der Waals surface area contributed by atoms with Gasteiger partial charge in [-0.05, 0) is 6.92 Å². The van der Waals surface area contributed by atoms with Crippen molar-refractivity contribution < 1.29 is 18.3 Å². The predicted octanol–water partition coefficient (Wildman–Crippen LogP) is 1.37. The quantitative estimate of drug-likeness (QED) is 0.875. The molecule has 98 valence electrons. The molecule has 0 bridgehead atoms. The van der Waals surface area contributed by atoms with Crippen LogP contribution in [0.5, 0.6) is 0 Å². The van der Waals surface area contributed by atoms with Gasteiger partial charge in [0.15, 0.2) is 11.8 Å². The van der Waals surface area contributed by atoms with Crippen molar-refractivity contribution in [2.75, 3.05) is 11.9 Å².